The smallest absolute Gasteiger partial charge is 0.356 e. The van der Waals surface area contributed by atoms with Gasteiger partial charge in [0, 0.05) is 31.6 Å². The van der Waals surface area contributed by atoms with Crippen molar-refractivity contribution >= 4 is 28.2 Å². The number of nitrogens with one attached hydrogen (secondary N) is 2. The molecule has 0 amide bonds. The molecular weight excluding hydrogens is 437 g/mol. The molecule has 0 bridgehead atoms. The van der Waals surface area contributed by atoms with E-state index >= 15 is 0 Å². The maximum atomic E-state index is 13.3. The summed E-state index contributed by atoms with van der Waals surface area (Å²) in [6, 6.07) is 10.1. The molecule has 0 fully saturated rings. The number of thiazole rings is 1. The van der Waals surface area contributed by atoms with Gasteiger partial charge in [0.1, 0.15) is 11.5 Å². The normalized spacial score (nSPS) is 16.2. The number of aromatic nitrogens is 2. The zero-order valence-corrected chi connectivity index (χ0v) is 17.9. The average Bonchev–Trinajstić information content (AvgIpc) is 3.27. The summed E-state index contributed by atoms with van der Waals surface area (Å²) in [6.07, 6.45) is -2.99. The first kappa shape index (κ1) is 20.7. The standard InChI is InChI=1S/C22H21F3N6S/c23-22(24,25)16-5-1-4-14-12-31(11-8-15(14)16)19-7-2-6-17(28-19)18-13-32-21(29-18)30-20-26-9-3-10-27-20/h1-2,4-7,13H,3,8-12H2,(H2,26,27,29,30). The first-order valence-corrected chi connectivity index (χ1v) is 11.3. The van der Waals surface area contributed by atoms with Gasteiger partial charge in [-0.05, 0) is 42.2 Å². The van der Waals surface area contributed by atoms with Crippen molar-refractivity contribution in [2.75, 3.05) is 29.9 Å². The minimum atomic E-state index is -4.33. The molecule has 2 aromatic heterocycles. The quantitative estimate of drug-likeness (QED) is 0.603. The van der Waals surface area contributed by atoms with Crippen molar-refractivity contribution in [3.8, 4) is 11.4 Å². The Morgan fingerprint density at radius 2 is 1.94 bits per heavy atom. The van der Waals surface area contributed by atoms with Crippen LogP contribution in [0, 0.1) is 0 Å². The maximum Gasteiger partial charge on any atom is 0.416 e. The molecule has 6 nitrogen and oxygen atoms in total. The second-order valence-electron chi connectivity index (χ2n) is 7.67. The van der Waals surface area contributed by atoms with Crippen LogP contribution in [0.25, 0.3) is 11.4 Å². The first-order valence-electron chi connectivity index (χ1n) is 10.4. The number of hydrogen-bond acceptors (Lipinski definition) is 7. The monoisotopic (exact) mass is 458 g/mol. The lowest BCUT2D eigenvalue weighted by Gasteiger charge is -2.31. The molecule has 3 aromatic rings. The van der Waals surface area contributed by atoms with E-state index in [0.717, 1.165) is 53.9 Å². The van der Waals surface area contributed by atoms with Gasteiger partial charge in [-0.25, -0.2) is 9.97 Å². The highest BCUT2D eigenvalue weighted by atomic mass is 32.1. The number of halogens is 3. The molecule has 0 aliphatic carbocycles. The lowest BCUT2D eigenvalue weighted by molar-refractivity contribution is -0.138. The number of benzene rings is 1. The zero-order valence-electron chi connectivity index (χ0n) is 17.1. The fraction of sp³-hybridized carbons (Fsp3) is 0.318. The lowest BCUT2D eigenvalue weighted by Crippen LogP contribution is -2.35. The molecule has 0 saturated heterocycles. The van der Waals surface area contributed by atoms with Crippen LogP contribution in [-0.4, -0.2) is 35.6 Å². The number of pyridine rings is 1. The third-order valence-electron chi connectivity index (χ3n) is 5.52. The van der Waals surface area contributed by atoms with E-state index in [1.165, 1.54) is 17.4 Å². The highest BCUT2D eigenvalue weighted by molar-refractivity contribution is 7.14. The molecule has 2 aliphatic heterocycles. The molecular formula is C22H21F3N6S. The van der Waals surface area contributed by atoms with Gasteiger partial charge in [0.05, 0.1) is 11.3 Å². The van der Waals surface area contributed by atoms with Crippen LogP contribution in [0.2, 0.25) is 0 Å². The summed E-state index contributed by atoms with van der Waals surface area (Å²) in [5.74, 6) is 1.45. The fourth-order valence-corrected chi connectivity index (χ4v) is 4.68. The first-order chi connectivity index (χ1) is 15.5. The summed E-state index contributed by atoms with van der Waals surface area (Å²) in [6.45, 7) is 2.55. The predicted molar refractivity (Wildman–Crippen MR) is 120 cm³/mol. The van der Waals surface area contributed by atoms with Crippen LogP contribution < -0.4 is 15.5 Å². The molecule has 0 radical (unpaired) electrons. The van der Waals surface area contributed by atoms with Crippen molar-refractivity contribution < 1.29 is 13.2 Å². The van der Waals surface area contributed by atoms with Gasteiger partial charge in [0.2, 0.25) is 0 Å². The van der Waals surface area contributed by atoms with Gasteiger partial charge in [-0.3, -0.25) is 4.99 Å². The van der Waals surface area contributed by atoms with Crippen LogP contribution in [-0.2, 0) is 19.1 Å². The fourth-order valence-electron chi connectivity index (χ4n) is 3.98. The van der Waals surface area contributed by atoms with Crippen molar-refractivity contribution in [3.05, 3.63) is 58.5 Å². The van der Waals surface area contributed by atoms with Gasteiger partial charge in [0.15, 0.2) is 11.1 Å². The molecule has 10 heteroatoms. The SMILES string of the molecule is FC(F)(F)c1cccc2c1CCN(c1cccc(-c3csc(NC4=NCCCN4)n3)n1)C2. The number of guanidine groups is 1. The second kappa shape index (κ2) is 8.42. The number of anilines is 2. The summed E-state index contributed by atoms with van der Waals surface area (Å²) in [7, 11) is 0. The molecule has 0 atom stereocenters. The Hall–Kier alpha value is -3.14. The molecule has 5 rings (SSSR count). The van der Waals surface area contributed by atoms with Crippen LogP contribution in [0.1, 0.15) is 23.1 Å². The highest BCUT2D eigenvalue weighted by Crippen LogP contribution is 2.36. The van der Waals surface area contributed by atoms with Gasteiger partial charge >= 0.3 is 6.18 Å². The average molecular weight is 459 g/mol. The third kappa shape index (κ3) is 4.27. The van der Waals surface area contributed by atoms with E-state index in [-0.39, 0.29) is 0 Å². The van der Waals surface area contributed by atoms with E-state index < -0.39 is 11.7 Å². The Balaban J connectivity index is 1.35. The summed E-state index contributed by atoms with van der Waals surface area (Å²) in [5, 5.41) is 9.05. The number of fused-ring (bicyclic) bond motifs is 1. The van der Waals surface area contributed by atoms with E-state index in [2.05, 4.69) is 20.6 Å². The van der Waals surface area contributed by atoms with Crippen molar-refractivity contribution in [2.45, 2.75) is 25.6 Å². The van der Waals surface area contributed by atoms with Crippen LogP contribution in [0.4, 0.5) is 24.1 Å². The molecule has 1 aromatic carbocycles. The number of alkyl halides is 3. The summed E-state index contributed by atoms with van der Waals surface area (Å²) < 4.78 is 40.0. The van der Waals surface area contributed by atoms with E-state index in [0.29, 0.717) is 30.6 Å². The zero-order chi connectivity index (χ0) is 22.1. The molecule has 4 heterocycles. The van der Waals surface area contributed by atoms with Gasteiger partial charge in [-0.15, -0.1) is 11.3 Å². The third-order valence-corrected chi connectivity index (χ3v) is 6.28. The minimum absolute atomic E-state index is 0.330. The molecule has 0 saturated carbocycles. The summed E-state index contributed by atoms with van der Waals surface area (Å²) in [5.41, 5.74) is 2.02. The summed E-state index contributed by atoms with van der Waals surface area (Å²) >= 11 is 1.47. The van der Waals surface area contributed by atoms with Crippen LogP contribution >= 0.6 is 11.3 Å². The Bertz CT molecular complexity index is 1160. The van der Waals surface area contributed by atoms with Crippen LogP contribution in [0.3, 0.4) is 0 Å². The van der Waals surface area contributed by atoms with E-state index in [4.69, 9.17) is 4.98 Å². The molecule has 0 unspecified atom stereocenters. The Morgan fingerprint density at radius 3 is 2.75 bits per heavy atom. The number of rotatable bonds is 3. The Morgan fingerprint density at radius 1 is 1.06 bits per heavy atom. The van der Waals surface area contributed by atoms with Gasteiger partial charge in [-0.2, -0.15) is 13.2 Å². The molecule has 166 valence electrons. The van der Waals surface area contributed by atoms with E-state index in [1.54, 1.807) is 6.07 Å². The van der Waals surface area contributed by atoms with Crippen LogP contribution in [0.15, 0.2) is 46.8 Å². The summed E-state index contributed by atoms with van der Waals surface area (Å²) in [4.78, 5) is 15.8. The number of hydrogen-bond donors (Lipinski definition) is 2. The van der Waals surface area contributed by atoms with Crippen LogP contribution in [0.5, 0.6) is 0 Å². The second-order valence-corrected chi connectivity index (χ2v) is 8.53. The number of aliphatic imine (C=N–C) groups is 1. The van der Waals surface area contributed by atoms with E-state index in [9.17, 15) is 13.2 Å². The number of nitrogens with zero attached hydrogens (tertiary/aromatic N) is 4. The van der Waals surface area contributed by atoms with Gasteiger partial charge in [-0.1, -0.05) is 18.2 Å². The van der Waals surface area contributed by atoms with Crippen molar-refractivity contribution in [1.82, 2.24) is 15.3 Å². The Labute approximate surface area is 187 Å². The largest absolute Gasteiger partial charge is 0.416 e. The lowest BCUT2D eigenvalue weighted by atomic mass is 9.94. The van der Waals surface area contributed by atoms with E-state index in [1.807, 2.05) is 28.5 Å². The van der Waals surface area contributed by atoms with Gasteiger partial charge < -0.3 is 15.5 Å². The van der Waals surface area contributed by atoms with Gasteiger partial charge in [0.25, 0.3) is 0 Å². The van der Waals surface area contributed by atoms with Crippen molar-refractivity contribution in [1.29, 1.82) is 0 Å². The molecule has 2 aliphatic rings. The molecule has 2 N–H and O–H groups in total. The highest BCUT2D eigenvalue weighted by Gasteiger charge is 2.35. The maximum absolute atomic E-state index is 13.3. The van der Waals surface area contributed by atoms with Crippen molar-refractivity contribution in [3.63, 3.8) is 0 Å². The van der Waals surface area contributed by atoms with Crippen molar-refractivity contribution in [2.24, 2.45) is 4.99 Å². The molecule has 32 heavy (non-hydrogen) atoms. The Kier molecular flexibility index (Phi) is 5.46. The minimum Gasteiger partial charge on any atom is -0.356 e. The topological polar surface area (TPSA) is 65.4 Å². The predicted octanol–water partition coefficient (Wildman–Crippen LogP) is 4.55. The molecule has 0 spiro atoms.